The van der Waals surface area contributed by atoms with Gasteiger partial charge in [0.2, 0.25) is 0 Å². The maximum absolute atomic E-state index is 12.7. The van der Waals surface area contributed by atoms with Crippen LogP contribution in [0.4, 0.5) is 13.2 Å². The van der Waals surface area contributed by atoms with E-state index < -0.39 is 12.1 Å². The van der Waals surface area contributed by atoms with Crippen molar-refractivity contribution >= 4 is 5.91 Å². The molecule has 0 unspecified atom stereocenters. The number of likely N-dealkylation sites (tertiary alicyclic amines) is 1. The van der Waals surface area contributed by atoms with E-state index in [2.05, 4.69) is 5.16 Å². The van der Waals surface area contributed by atoms with Gasteiger partial charge in [0.05, 0.1) is 12.1 Å². The number of nitrogens with zero attached hydrogens (tertiary/aromatic N) is 2. The molecule has 7 heteroatoms. The summed E-state index contributed by atoms with van der Waals surface area (Å²) in [5.74, 6) is -1.33. The molecule has 4 nitrogen and oxygen atoms in total. The lowest BCUT2D eigenvalue weighted by Gasteiger charge is -2.32. The average molecular weight is 338 g/mol. The summed E-state index contributed by atoms with van der Waals surface area (Å²) in [6.45, 7) is 2.12. The van der Waals surface area contributed by atoms with E-state index in [-0.39, 0.29) is 37.4 Å². The monoisotopic (exact) mass is 338 g/mol. The van der Waals surface area contributed by atoms with Crippen LogP contribution in [0, 0.1) is 12.8 Å². The van der Waals surface area contributed by atoms with Crippen LogP contribution in [0.1, 0.15) is 28.8 Å². The van der Waals surface area contributed by atoms with Gasteiger partial charge >= 0.3 is 6.18 Å². The number of halogens is 3. The molecule has 0 bridgehead atoms. The molecule has 1 aliphatic heterocycles. The molecule has 2 aromatic rings. The van der Waals surface area contributed by atoms with E-state index in [1.165, 1.54) is 11.1 Å². The first kappa shape index (κ1) is 16.5. The number of piperidine rings is 1. The fourth-order valence-corrected chi connectivity index (χ4v) is 2.89. The molecular weight excluding hydrogens is 321 g/mol. The van der Waals surface area contributed by atoms with Crippen LogP contribution in [0.2, 0.25) is 0 Å². The molecule has 1 aromatic heterocycles. The van der Waals surface area contributed by atoms with Gasteiger partial charge < -0.3 is 9.42 Å². The van der Waals surface area contributed by atoms with Crippen molar-refractivity contribution in [1.29, 1.82) is 0 Å². The molecule has 3 rings (SSSR count). The fourth-order valence-electron chi connectivity index (χ4n) is 2.89. The molecule has 1 fully saturated rings. The Balaban J connectivity index is 1.75. The molecule has 1 amide bonds. The van der Waals surface area contributed by atoms with Gasteiger partial charge in [-0.25, -0.2) is 0 Å². The Morgan fingerprint density at radius 3 is 2.42 bits per heavy atom. The van der Waals surface area contributed by atoms with Gasteiger partial charge in [0, 0.05) is 18.7 Å². The van der Waals surface area contributed by atoms with E-state index in [4.69, 9.17) is 4.52 Å². The molecule has 2 heterocycles. The van der Waals surface area contributed by atoms with Crippen LogP contribution in [-0.2, 0) is 0 Å². The quantitative estimate of drug-likeness (QED) is 0.829. The van der Waals surface area contributed by atoms with Gasteiger partial charge in [-0.2, -0.15) is 13.2 Å². The van der Waals surface area contributed by atoms with Crippen LogP contribution >= 0.6 is 0 Å². The normalized spacial score (nSPS) is 16.4. The number of carbonyl (C=O) groups is 1. The number of alkyl halides is 3. The van der Waals surface area contributed by atoms with E-state index in [1.807, 2.05) is 31.2 Å². The highest BCUT2D eigenvalue weighted by molar-refractivity contribution is 5.99. The van der Waals surface area contributed by atoms with Crippen LogP contribution in [-0.4, -0.2) is 35.2 Å². The predicted molar refractivity (Wildman–Crippen MR) is 81.4 cm³/mol. The Kier molecular flexibility index (Phi) is 4.34. The van der Waals surface area contributed by atoms with Gasteiger partial charge in [-0.05, 0) is 19.8 Å². The third kappa shape index (κ3) is 3.29. The smallest absolute Gasteiger partial charge is 0.355 e. The van der Waals surface area contributed by atoms with E-state index in [0.717, 1.165) is 5.56 Å². The summed E-state index contributed by atoms with van der Waals surface area (Å²) in [6, 6.07) is 7.42. The zero-order valence-electron chi connectivity index (χ0n) is 13.1. The minimum atomic E-state index is -4.20. The summed E-state index contributed by atoms with van der Waals surface area (Å²) in [5, 5.41) is 3.69. The molecule has 1 saturated heterocycles. The number of hydrogen-bond donors (Lipinski definition) is 0. The molecule has 24 heavy (non-hydrogen) atoms. The van der Waals surface area contributed by atoms with E-state index in [9.17, 15) is 18.0 Å². The SMILES string of the molecule is Cc1ccc(-c2oncc2C(=O)N2CCC(C(F)(F)F)CC2)cc1. The second-order valence-electron chi connectivity index (χ2n) is 6.04. The van der Waals surface area contributed by atoms with Gasteiger partial charge in [-0.3, -0.25) is 4.79 Å². The first-order chi connectivity index (χ1) is 11.4. The van der Waals surface area contributed by atoms with E-state index in [1.54, 1.807) is 0 Å². The van der Waals surface area contributed by atoms with Gasteiger partial charge in [0.1, 0.15) is 5.56 Å². The number of amides is 1. The molecule has 0 aliphatic carbocycles. The Morgan fingerprint density at radius 1 is 1.21 bits per heavy atom. The summed E-state index contributed by atoms with van der Waals surface area (Å²) in [4.78, 5) is 14.1. The maximum atomic E-state index is 12.7. The van der Waals surface area contributed by atoms with Crippen LogP contribution in [0.5, 0.6) is 0 Å². The molecule has 0 atom stereocenters. The lowest BCUT2D eigenvalue weighted by molar-refractivity contribution is -0.183. The van der Waals surface area contributed by atoms with Crippen LogP contribution < -0.4 is 0 Å². The lowest BCUT2D eigenvalue weighted by Crippen LogP contribution is -2.42. The number of aromatic nitrogens is 1. The zero-order valence-corrected chi connectivity index (χ0v) is 13.1. The van der Waals surface area contributed by atoms with Crippen LogP contribution in [0.25, 0.3) is 11.3 Å². The largest absolute Gasteiger partial charge is 0.391 e. The van der Waals surface area contributed by atoms with Gasteiger partial charge in [-0.15, -0.1) is 0 Å². The highest BCUT2D eigenvalue weighted by Crippen LogP contribution is 2.35. The molecule has 0 radical (unpaired) electrons. The van der Waals surface area contributed by atoms with Crippen molar-refractivity contribution in [3.05, 3.63) is 41.6 Å². The highest BCUT2D eigenvalue weighted by atomic mass is 19.4. The Morgan fingerprint density at radius 2 is 1.83 bits per heavy atom. The number of rotatable bonds is 2. The molecule has 0 N–H and O–H groups in total. The van der Waals surface area contributed by atoms with Gasteiger partial charge in [0.15, 0.2) is 5.76 Å². The third-order valence-electron chi connectivity index (χ3n) is 4.36. The van der Waals surface area contributed by atoms with Crippen molar-refractivity contribution in [2.45, 2.75) is 25.9 Å². The van der Waals surface area contributed by atoms with E-state index in [0.29, 0.717) is 11.3 Å². The number of carbonyl (C=O) groups excluding carboxylic acids is 1. The summed E-state index contributed by atoms with van der Waals surface area (Å²) in [7, 11) is 0. The number of benzene rings is 1. The van der Waals surface area contributed by atoms with Gasteiger partial charge in [0.25, 0.3) is 5.91 Å². The van der Waals surface area contributed by atoms with Crippen molar-refractivity contribution in [2.75, 3.05) is 13.1 Å². The molecule has 0 spiro atoms. The maximum Gasteiger partial charge on any atom is 0.391 e. The summed E-state index contributed by atoms with van der Waals surface area (Å²) in [5.41, 5.74) is 2.07. The first-order valence-electron chi connectivity index (χ1n) is 7.74. The minimum absolute atomic E-state index is 0.0691. The number of hydrogen-bond acceptors (Lipinski definition) is 3. The Hall–Kier alpha value is -2.31. The Bertz CT molecular complexity index is 714. The molecule has 128 valence electrons. The molecule has 1 aliphatic rings. The summed E-state index contributed by atoms with van der Waals surface area (Å²) in [6.07, 6.45) is -3.01. The molecule has 1 aromatic carbocycles. The molecule has 0 saturated carbocycles. The summed E-state index contributed by atoms with van der Waals surface area (Å²) >= 11 is 0. The van der Waals surface area contributed by atoms with Crippen molar-refractivity contribution < 1.29 is 22.5 Å². The van der Waals surface area contributed by atoms with Crippen LogP contribution in [0.3, 0.4) is 0 Å². The lowest BCUT2D eigenvalue weighted by atomic mass is 9.95. The zero-order chi connectivity index (χ0) is 17.3. The minimum Gasteiger partial charge on any atom is -0.355 e. The third-order valence-corrected chi connectivity index (χ3v) is 4.36. The highest BCUT2D eigenvalue weighted by Gasteiger charge is 2.42. The van der Waals surface area contributed by atoms with Crippen molar-refractivity contribution in [1.82, 2.24) is 10.1 Å². The summed E-state index contributed by atoms with van der Waals surface area (Å²) < 4.78 is 43.4. The van der Waals surface area contributed by atoms with Crippen molar-refractivity contribution in [3.8, 4) is 11.3 Å². The van der Waals surface area contributed by atoms with Crippen molar-refractivity contribution in [3.63, 3.8) is 0 Å². The predicted octanol–water partition coefficient (Wildman–Crippen LogP) is 4.06. The van der Waals surface area contributed by atoms with E-state index >= 15 is 0 Å². The molecular formula is C17H17F3N2O2. The average Bonchev–Trinajstić information content (AvgIpc) is 3.04. The Labute approximate surface area is 137 Å². The van der Waals surface area contributed by atoms with Gasteiger partial charge in [-0.1, -0.05) is 35.0 Å². The first-order valence-corrected chi connectivity index (χ1v) is 7.74. The standard InChI is InChI=1S/C17H17F3N2O2/c1-11-2-4-12(5-3-11)15-14(10-21-24-15)16(23)22-8-6-13(7-9-22)17(18,19)20/h2-5,10,13H,6-9H2,1H3. The fraction of sp³-hybridized carbons (Fsp3) is 0.412. The second kappa shape index (κ2) is 6.30. The van der Waals surface area contributed by atoms with Crippen LogP contribution in [0.15, 0.2) is 35.0 Å². The van der Waals surface area contributed by atoms with Crippen molar-refractivity contribution in [2.24, 2.45) is 5.92 Å². The second-order valence-corrected chi connectivity index (χ2v) is 6.04. The topological polar surface area (TPSA) is 46.3 Å². The number of aryl methyl sites for hydroxylation is 1.